The monoisotopic (exact) mass is 496 g/mol. The smallest absolute Gasteiger partial charge is 0.278 e. The first-order valence-corrected chi connectivity index (χ1v) is 11.5. The number of aliphatic hydroxyl groups is 1. The molecule has 2 N–H and O–H groups in total. The molecule has 0 amide bonds. The van der Waals surface area contributed by atoms with Crippen molar-refractivity contribution in [2.75, 3.05) is 5.32 Å². The fourth-order valence-corrected chi connectivity index (χ4v) is 4.39. The molecule has 0 atom stereocenters. The molecule has 10 nitrogen and oxygen atoms in total. The summed E-state index contributed by atoms with van der Waals surface area (Å²) in [6.07, 6.45) is 11.6. The Hall–Kier alpha value is -3.50. The van der Waals surface area contributed by atoms with Gasteiger partial charge in [0.25, 0.3) is 5.56 Å². The van der Waals surface area contributed by atoms with Crippen LogP contribution < -0.4 is 10.9 Å². The van der Waals surface area contributed by atoms with Crippen LogP contribution in [0.4, 0.5) is 11.6 Å². The number of nitrogens with one attached hydrogen (secondary N) is 1. The van der Waals surface area contributed by atoms with Gasteiger partial charge in [0.2, 0.25) is 5.95 Å². The van der Waals surface area contributed by atoms with Crippen LogP contribution in [0.5, 0.6) is 0 Å². The maximum Gasteiger partial charge on any atom is 0.278 e. The van der Waals surface area contributed by atoms with Crippen LogP contribution in [0, 0.1) is 0 Å². The standard InChI is InChI=1S/C24H28N8O2.ClH/c1-4-12-31-22(33)18-14-25-23(27-16-13-26-30(15-16)17-8-5-6-9-17)29-21(18)32(31)20-11-7-10-19(28-20)24(2,3)34;/h4,7,10-11,13-15,17,34H,1,5-6,8-9,12H2,2-3H3,(H,25,27,29);1H. The Labute approximate surface area is 208 Å². The molecule has 184 valence electrons. The number of rotatable bonds is 7. The van der Waals surface area contributed by atoms with Crippen LogP contribution in [0.1, 0.15) is 51.3 Å². The lowest BCUT2D eigenvalue weighted by molar-refractivity contribution is 0.0738. The summed E-state index contributed by atoms with van der Waals surface area (Å²) in [5.74, 6) is 0.814. The van der Waals surface area contributed by atoms with Crippen molar-refractivity contribution in [2.45, 2.75) is 57.7 Å². The number of hydrogen-bond donors (Lipinski definition) is 2. The van der Waals surface area contributed by atoms with Crippen molar-refractivity contribution in [2.24, 2.45) is 0 Å². The van der Waals surface area contributed by atoms with Crippen molar-refractivity contribution in [1.29, 1.82) is 0 Å². The molecule has 11 heteroatoms. The number of allylic oxidation sites excluding steroid dienone is 1. The van der Waals surface area contributed by atoms with Crippen LogP contribution in [0.3, 0.4) is 0 Å². The molecule has 1 fully saturated rings. The molecule has 0 radical (unpaired) electrons. The van der Waals surface area contributed by atoms with Gasteiger partial charge in [-0.15, -0.1) is 19.0 Å². The fourth-order valence-electron chi connectivity index (χ4n) is 4.39. The zero-order valence-electron chi connectivity index (χ0n) is 19.8. The predicted molar refractivity (Wildman–Crippen MR) is 137 cm³/mol. The largest absolute Gasteiger partial charge is 0.384 e. The van der Waals surface area contributed by atoms with Crippen molar-refractivity contribution in [3.63, 3.8) is 0 Å². The molecule has 1 aliphatic rings. The molecule has 1 saturated carbocycles. The highest BCUT2D eigenvalue weighted by Gasteiger charge is 2.22. The van der Waals surface area contributed by atoms with Crippen LogP contribution in [0.15, 0.2) is 54.2 Å². The highest BCUT2D eigenvalue weighted by atomic mass is 35.5. The van der Waals surface area contributed by atoms with Gasteiger partial charge in [0.15, 0.2) is 11.5 Å². The van der Waals surface area contributed by atoms with E-state index in [0.29, 0.717) is 34.5 Å². The maximum absolute atomic E-state index is 13.1. The van der Waals surface area contributed by atoms with E-state index in [1.807, 2.05) is 10.9 Å². The molecule has 0 aliphatic heterocycles. The van der Waals surface area contributed by atoms with E-state index in [9.17, 15) is 9.90 Å². The van der Waals surface area contributed by atoms with E-state index in [0.717, 1.165) is 18.5 Å². The summed E-state index contributed by atoms with van der Waals surface area (Å²) in [7, 11) is 0. The summed E-state index contributed by atoms with van der Waals surface area (Å²) in [4.78, 5) is 26.7. The van der Waals surface area contributed by atoms with E-state index in [-0.39, 0.29) is 24.5 Å². The minimum absolute atomic E-state index is 0. The predicted octanol–water partition coefficient (Wildman–Crippen LogP) is 3.87. The van der Waals surface area contributed by atoms with Gasteiger partial charge in [0.05, 0.1) is 30.2 Å². The average Bonchev–Trinajstić information content (AvgIpc) is 3.55. The lowest BCUT2D eigenvalue weighted by Crippen LogP contribution is -2.23. The zero-order chi connectivity index (χ0) is 23.9. The summed E-state index contributed by atoms with van der Waals surface area (Å²) in [6, 6.07) is 5.75. The van der Waals surface area contributed by atoms with Gasteiger partial charge >= 0.3 is 0 Å². The minimum Gasteiger partial charge on any atom is -0.384 e. The van der Waals surface area contributed by atoms with E-state index in [2.05, 4.69) is 31.9 Å². The highest BCUT2D eigenvalue weighted by Crippen LogP contribution is 2.30. The summed E-state index contributed by atoms with van der Waals surface area (Å²) >= 11 is 0. The second-order valence-corrected chi connectivity index (χ2v) is 9.13. The summed E-state index contributed by atoms with van der Waals surface area (Å²) < 4.78 is 5.14. The van der Waals surface area contributed by atoms with Crippen LogP contribution in [0.2, 0.25) is 0 Å². The fraction of sp³-hybridized carbons (Fsp3) is 0.375. The topological polar surface area (TPSA) is 116 Å². The van der Waals surface area contributed by atoms with Crippen molar-refractivity contribution < 1.29 is 5.11 Å². The molecule has 0 saturated heterocycles. The van der Waals surface area contributed by atoms with Gasteiger partial charge in [-0.1, -0.05) is 25.0 Å². The molecule has 4 aromatic heterocycles. The maximum atomic E-state index is 13.1. The number of fused-ring (bicyclic) bond motifs is 1. The van der Waals surface area contributed by atoms with Crippen LogP contribution in [-0.4, -0.2) is 39.2 Å². The minimum atomic E-state index is -1.14. The van der Waals surface area contributed by atoms with Crippen LogP contribution in [0.25, 0.3) is 16.9 Å². The highest BCUT2D eigenvalue weighted by molar-refractivity contribution is 5.85. The Bertz CT molecular complexity index is 1410. The number of halogens is 1. The third kappa shape index (κ3) is 4.71. The Morgan fingerprint density at radius 2 is 2.00 bits per heavy atom. The molecule has 35 heavy (non-hydrogen) atoms. The molecule has 4 heterocycles. The van der Waals surface area contributed by atoms with E-state index in [1.54, 1.807) is 49.0 Å². The molecule has 1 aliphatic carbocycles. The van der Waals surface area contributed by atoms with E-state index in [4.69, 9.17) is 0 Å². The van der Waals surface area contributed by atoms with E-state index < -0.39 is 5.60 Å². The first kappa shape index (κ1) is 24.6. The summed E-state index contributed by atoms with van der Waals surface area (Å²) in [6.45, 7) is 7.37. The van der Waals surface area contributed by atoms with Crippen molar-refractivity contribution in [3.8, 4) is 5.82 Å². The molecule has 0 bridgehead atoms. The van der Waals surface area contributed by atoms with Crippen LogP contribution >= 0.6 is 12.4 Å². The second kappa shape index (κ2) is 9.63. The Kier molecular flexibility index (Phi) is 6.77. The van der Waals surface area contributed by atoms with Gasteiger partial charge in [-0.3, -0.25) is 9.48 Å². The van der Waals surface area contributed by atoms with Gasteiger partial charge < -0.3 is 10.4 Å². The molecule has 5 rings (SSSR count). The van der Waals surface area contributed by atoms with Crippen LogP contribution in [-0.2, 0) is 12.1 Å². The summed E-state index contributed by atoms with van der Waals surface area (Å²) in [5.41, 5.74) is 0.298. The van der Waals surface area contributed by atoms with E-state index in [1.165, 1.54) is 23.7 Å². The lowest BCUT2D eigenvalue weighted by atomic mass is 10.1. The number of nitrogens with zero attached hydrogens (tertiary/aromatic N) is 7. The number of anilines is 2. The first-order chi connectivity index (χ1) is 16.3. The summed E-state index contributed by atoms with van der Waals surface area (Å²) in [5, 5.41) is 18.5. The van der Waals surface area contributed by atoms with E-state index >= 15 is 0 Å². The molecular weight excluding hydrogens is 468 g/mol. The van der Waals surface area contributed by atoms with Gasteiger partial charge in [-0.05, 0) is 38.8 Å². The number of pyridine rings is 1. The Morgan fingerprint density at radius 3 is 2.71 bits per heavy atom. The lowest BCUT2D eigenvalue weighted by Gasteiger charge is -2.18. The van der Waals surface area contributed by atoms with Crippen molar-refractivity contribution in [1.82, 2.24) is 34.1 Å². The average molecular weight is 497 g/mol. The number of aromatic nitrogens is 7. The quantitative estimate of drug-likeness (QED) is 0.373. The molecular formula is C24H29ClN8O2. The number of hydrogen-bond acceptors (Lipinski definition) is 7. The molecule has 0 aromatic carbocycles. The van der Waals surface area contributed by atoms with Crippen molar-refractivity contribution >= 4 is 35.1 Å². The Morgan fingerprint density at radius 1 is 1.23 bits per heavy atom. The van der Waals surface area contributed by atoms with Gasteiger partial charge in [0, 0.05) is 12.4 Å². The molecule has 0 unspecified atom stereocenters. The molecule has 0 spiro atoms. The zero-order valence-corrected chi connectivity index (χ0v) is 20.6. The third-order valence-corrected chi connectivity index (χ3v) is 6.11. The van der Waals surface area contributed by atoms with Gasteiger partial charge in [-0.25, -0.2) is 19.3 Å². The van der Waals surface area contributed by atoms with Gasteiger partial charge in [-0.2, -0.15) is 10.1 Å². The Balaban J connectivity index is 0.00000289. The normalized spacial score (nSPS) is 14.3. The molecule has 4 aromatic rings. The SMILES string of the molecule is C=CCn1c(=O)c2cnc(Nc3cnn(C4CCCC4)c3)nc2n1-c1cccc(C(C)(C)O)n1.Cl. The second-order valence-electron chi connectivity index (χ2n) is 9.13. The third-order valence-electron chi connectivity index (χ3n) is 6.11. The van der Waals surface area contributed by atoms with Crippen molar-refractivity contribution in [3.05, 3.63) is 65.5 Å². The first-order valence-electron chi connectivity index (χ1n) is 11.5. The van der Waals surface area contributed by atoms with Gasteiger partial charge in [0.1, 0.15) is 11.0 Å².